The molecule has 0 spiro atoms. The lowest BCUT2D eigenvalue weighted by Crippen LogP contribution is -2.34. The van der Waals surface area contributed by atoms with Crippen LogP contribution in [0.15, 0.2) is 0 Å². The van der Waals surface area contributed by atoms with E-state index in [0.29, 0.717) is 12.2 Å². The normalized spacial score (nSPS) is 42.2. The second kappa shape index (κ2) is 5.03. The fourth-order valence-electron chi connectivity index (χ4n) is 2.81. The number of ether oxygens (including phenoxy) is 1. The van der Waals surface area contributed by atoms with Crippen LogP contribution in [-0.4, -0.2) is 47.4 Å². The Bertz CT molecular complexity index is 230. The molecule has 2 heterocycles. The maximum absolute atomic E-state index is 10.0. The molecule has 3 atom stereocenters. The smallest absolute Gasteiger partial charge is 0.0706 e. The van der Waals surface area contributed by atoms with E-state index in [0.717, 1.165) is 38.9 Å². The standard InChI is InChI=1S/C13H25NO2/c1-11-4-5-12(16-11)10-14-8-3-6-13(2,15)7-9-14/h11-12,15H,3-10H2,1-2H3. The molecule has 3 unspecified atom stereocenters. The van der Waals surface area contributed by atoms with E-state index in [-0.39, 0.29) is 0 Å². The van der Waals surface area contributed by atoms with Gasteiger partial charge in [0.2, 0.25) is 0 Å². The molecule has 2 aliphatic heterocycles. The number of likely N-dealkylation sites (tertiary alicyclic amines) is 1. The van der Waals surface area contributed by atoms with Crippen LogP contribution in [0.4, 0.5) is 0 Å². The summed E-state index contributed by atoms with van der Waals surface area (Å²) in [5.41, 5.74) is -0.446. The second-order valence-electron chi connectivity index (χ2n) is 5.80. The van der Waals surface area contributed by atoms with Gasteiger partial charge in [-0.1, -0.05) is 0 Å². The highest BCUT2D eigenvalue weighted by atomic mass is 16.5. The Balaban J connectivity index is 1.77. The minimum atomic E-state index is -0.446. The molecule has 2 rings (SSSR count). The van der Waals surface area contributed by atoms with Crippen molar-refractivity contribution in [3.63, 3.8) is 0 Å². The van der Waals surface area contributed by atoms with Crippen molar-refractivity contribution in [2.45, 2.75) is 63.8 Å². The first-order chi connectivity index (χ1) is 7.55. The van der Waals surface area contributed by atoms with Gasteiger partial charge in [0.15, 0.2) is 0 Å². The second-order valence-corrected chi connectivity index (χ2v) is 5.80. The first-order valence-corrected chi connectivity index (χ1v) is 6.65. The summed E-state index contributed by atoms with van der Waals surface area (Å²) >= 11 is 0. The molecule has 0 radical (unpaired) electrons. The van der Waals surface area contributed by atoms with Gasteiger partial charge in [-0.25, -0.2) is 0 Å². The van der Waals surface area contributed by atoms with E-state index in [4.69, 9.17) is 4.74 Å². The molecule has 0 amide bonds. The minimum Gasteiger partial charge on any atom is -0.390 e. The number of hydrogen-bond acceptors (Lipinski definition) is 3. The molecule has 0 bridgehead atoms. The van der Waals surface area contributed by atoms with Crippen LogP contribution in [0.1, 0.15) is 46.0 Å². The lowest BCUT2D eigenvalue weighted by molar-refractivity contribution is 0.0248. The third-order valence-corrected chi connectivity index (χ3v) is 3.94. The Hall–Kier alpha value is -0.120. The van der Waals surface area contributed by atoms with Gasteiger partial charge in [0.25, 0.3) is 0 Å². The van der Waals surface area contributed by atoms with Gasteiger partial charge in [0, 0.05) is 13.1 Å². The fraction of sp³-hybridized carbons (Fsp3) is 1.00. The van der Waals surface area contributed by atoms with Crippen LogP contribution in [0.2, 0.25) is 0 Å². The Kier molecular flexibility index (Phi) is 3.88. The first-order valence-electron chi connectivity index (χ1n) is 6.65. The summed E-state index contributed by atoms with van der Waals surface area (Å²) in [6, 6.07) is 0. The molecule has 0 aliphatic carbocycles. The summed E-state index contributed by atoms with van der Waals surface area (Å²) in [5.74, 6) is 0. The number of hydrogen-bond donors (Lipinski definition) is 1. The minimum absolute atomic E-state index is 0.429. The van der Waals surface area contributed by atoms with Crippen molar-refractivity contribution in [3.05, 3.63) is 0 Å². The molecule has 0 aromatic heterocycles. The van der Waals surface area contributed by atoms with Gasteiger partial charge in [-0.2, -0.15) is 0 Å². The highest BCUT2D eigenvalue weighted by Gasteiger charge is 2.28. The Morgan fingerprint density at radius 2 is 2.12 bits per heavy atom. The van der Waals surface area contributed by atoms with E-state index in [1.54, 1.807) is 0 Å². The molecule has 94 valence electrons. The van der Waals surface area contributed by atoms with Crippen LogP contribution in [-0.2, 0) is 4.74 Å². The zero-order chi connectivity index (χ0) is 11.6. The molecule has 3 heteroatoms. The topological polar surface area (TPSA) is 32.7 Å². The molecular formula is C13H25NO2. The van der Waals surface area contributed by atoms with E-state index >= 15 is 0 Å². The van der Waals surface area contributed by atoms with Crippen molar-refractivity contribution in [2.75, 3.05) is 19.6 Å². The van der Waals surface area contributed by atoms with Crippen LogP contribution in [0.3, 0.4) is 0 Å². The van der Waals surface area contributed by atoms with Crippen LogP contribution >= 0.6 is 0 Å². The largest absolute Gasteiger partial charge is 0.390 e. The average Bonchev–Trinajstić information content (AvgIpc) is 2.52. The maximum Gasteiger partial charge on any atom is 0.0706 e. The van der Waals surface area contributed by atoms with Gasteiger partial charge >= 0.3 is 0 Å². The van der Waals surface area contributed by atoms with E-state index < -0.39 is 5.60 Å². The SMILES string of the molecule is CC1CCC(CN2CCCC(C)(O)CC2)O1. The van der Waals surface area contributed by atoms with E-state index in [1.165, 1.54) is 12.8 Å². The molecule has 3 nitrogen and oxygen atoms in total. The summed E-state index contributed by atoms with van der Waals surface area (Å²) in [6.45, 7) is 7.31. The van der Waals surface area contributed by atoms with Gasteiger partial charge in [-0.15, -0.1) is 0 Å². The zero-order valence-electron chi connectivity index (χ0n) is 10.6. The van der Waals surface area contributed by atoms with Crippen molar-refractivity contribution in [2.24, 2.45) is 0 Å². The van der Waals surface area contributed by atoms with Gasteiger partial charge in [0.05, 0.1) is 17.8 Å². The summed E-state index contributed by atoms with van der Waals surface area (Å²) in [6.07, 6.45) is 6.22. The average molecular weight is 227 g/mol. The van der Waals surface area contributed by atoms with Crippen molar-refractivity contribution < 1.29 is 9.84 Å². The summed E-state index contributed by atoms with van der Waals surface area (Å²) in [7, 11) is 0. The van der Waals surface area contributed by atoms with Crippen LogP contribution in [0.25, 0.3) is 0 Å². The van der Waals surface area contributed by atoms with Crippen LogP contribution in [0, 0.1) is 0 Å². The third kappa shape index (κ3) is 3.44. The predicted molar refractivity (Wildman–Crippen MR) is 64.5 cm³/mol. The van der Waals surface area contributed by atoms with Gasteiger partial charge in [0.1, 0.15) is 0 Å². The maximum atomic E-state index is 10.0. The third-order valence-electron chi connectivity index (χ3n) is 3.94. The van der Waals surface area contributed by atoms with Gasteiger partial charge in [-0.05, 0) is 52.5 Å². The highest BCUT2D eigenvalue weighted by molar-refractivity contribution is 4.81. The molecule has 1 N–H and O–H groups in total. The van der Waals surface area contributed by atoms with Crippen molar-refractivity contribution >= 4 is 0 Å². The van der Waals surface area contributed by atoms with E-state index in [1.807, 2.05) is 6.92 Å². The number of rotatable bonds is 2. The lowest BCUT2D eigenvalue weighted by Gasteiger charge is -2.24. The van der Waals surface area contributed by atoms with E-state index in [2.05, 4.69) is 11.8 Å². The monoisotopic (exact) mass is 227 g/mol. The molecule has 16 heavy (non-hydrogen) atoms. The fourth-order valence-corrected chi connectivity index (χ4v) is 2.81. The molecule has 0 aromatic rings. The van der Waals surface area contributed by atoms with Crippen LogP contribution in [0.5, 0.6) is 0 Å². The molecule has 2 saturated heterocycles. The van der Waals surface area contributed by atoms with E-state index in [9.17, 15) is 5.11 Å². The molecular weight excluding hydrogens is 202 g/mol. The predicted octanol–water partition coefficient (Wildman–Crippen LogP) is 1.79. The Morgan fingerprint density at radius 1 is 1.31 bits per heavy atom. The highest BCUT2D eigenvalue weighted by Crippen LogP contribution is 2.24. The summed E-state index contributed by atoms with van der Waals surface area (Å²) < 4.78 is 5.85. The molecule has 0 saturated carbocycles. The van der Waals surface area contributed by atoms with Gasteiger partial charge in [-0.3, -0.25) is 0 Å². The first kappa shape index (κ1) is 12.3. The quantitative estimate of drug-likeness (QED) is 0.780. The Morgan fingerprint density at radius 3 is 2.81 bits per heavy atom. The van der Waals surface area contributed by atoms with Crippen LogP contribution < -0.4 is 0 Å². The van der Waals surface area contributed by atoms with Crippen molar-refractivity contribution in [1.82, 2.24) is 4.90 Å². The van der Waals surface area contributed by atoms with Gasteiger partial charge < -0.3 is 14.7 Å². The summed E-state index contributed by atoms with van der Waals surface area (Å²) in [5, 5.41) is 10.0. The molecule has 2 fully saturated rings. The lowest BCUT2D eigenvalue weighted by atomic mass is 9.98. The molecule has 0 aromatic carbocycles. The molecule has 2 aliphatic rings. The number of nitrogens with zero attached hydrogens (tertiary/aromatic N) is 1. The van der Waals surface area contributed by atoms with Crippen molar-refractivity contribution in [1.29, 1.82) is 0 Å². The summed E-state index contributed by atoms with van der Waals surface area (Å²) in [4.78, 5) is 2.46. The zero-order valence-corrected chi connectivity index (χ0v) is 10.6. The number of aliphatic hydroxyl groups is 1. The van der Waals surface area contributed by atoms with Crippen molar-refractivity contribution in [3.8, 4) is 0 Å². The Labute approximate surface area is 98.8 Å².